The fourth-order valence-electron chi connectivity index (χ4n) is 0.499. The summed E-state index contributed by atoms with van der Waals surface area (Å²) in [5.74, 6) is 0. The van der Waals surface area contributed by atoms with Crippen LogP contribution >= 0.6 is 0 Å². The summed E-state index contributed by atoms with van der Waals surface area (Å²) in [7, 11) is 0.750. The Hall–Kier alpha value is 0.951. The zero-order valence-corrected chi connectivity index (χ0v) is 15.7. The molecule has 5 heteroatoms. The molecule has 0 fully saturated rings. The van der Waals surface area contributed by atoms with Crippen molar-refractivity contribution in [1.29, 1.82) is 0 Å². The summed E-state index contributed by atoms with van der Waals surface area (Å²) in [5.41, 5.74) is 8.17. The fraction of sp³-hybridized carbons (Fsp3) is 0.667. The van der Waals surface area contributed by atoms with Crippen molar-refractivity contribution in [3.63, 3.8) is 0 Å². The van der Waals surface area contributed by atoms with Crippen molar-refractivity contribution in [2.45, 2.75) is 52.7 Å². The molecule has 1 aliphatic carbocycles. The third-order valence-corrected chi connectivity index (χ3v) is 1.48. The van der Waals surface area contributed by atoms with Crippen molar-refractivity contribution in [2.24, 2.45) is 0 Å². The molecule has 0 aromatic carbocycles. The number of hydrogen-bond acceptors (Lipinski definition) is 0. The topological polar surface area (TPSA) is 23.8 Å². The van der Waals surface area contributed by atoms with E-state index in [0.29, 0.717) is 0 Å². The molecule has 0 amide bonds. The molecule has 0 saturated heterocycles. The third-order valence-electron chi connectivity index (χ3n) is 1.48. The standard InChI is InChI=1S/C6H7.C4H10N.C2H7Si.2ClH.Ti/c1-6-4-2-3-5-6;1-3-4(2)5;1-3-2;;;/h4-5H,2H2,1H3;4-5H,3H2,1-2H3;3H,1-2H3;2*1H;/q2*-1;;;;+4/p-2. The fourth-order valence-corrected chi connectivity index (χ4v) is 0.499. The van der Waals surface area contributed by atoms with Crippen LogP contribution in [0.2, 0.25) is 13.1 Å². The van der Waals surface area contributed by atoms with Crippen molar-refractivity contribution in [3.05, 3.63) is 29.5 Å². The van der Waals surface area contributed by atoms with Gasteiger partial charge in [-0.3, -0.25) is 6.08 Å². The molecule has 0 aromatic rings. The molecular formula is C12H24Cl2NSiTi. The number of rotatable bonds is 1. The molecule has 1 rings (SSSR count). The maximum Gasteiger partial charge on any atom is 4.00 e. The molecule has 1 N–H and O–H groups in total. The predicted octanol–water partition coefficient (Wildman–Crippen LogP) is -1.94. The number of hydrogen-bond donors (Lipinski definition) is 0. The molecule has 0 heterocycles. The van der Waals surface area contributed by atoms with Gasteiger partial charge in [-0.05, 0) is 0 Å². The summed E-state index contributed by atoms with van der Waals surface area (Å²) in [6.45, 7) is 10.4. The molecule has 1 unspecified atom stereocenters. The van der Waals surface area contributed by atoms with Gasteiger partial charge in [-0.25, -0.2) is 11.6 Å². The first-order valence-electron chi connectivity index (χ1n) is 5.26. The van der Waals surface area contributed by atoms with Crippen LogP contribution in [0.4, 0.5) is 0 Å². The van der Waals surface area contributed by atoms with Crippen LogP contribution in [0, 0.1) is 6.08 Å². The molecule has 1 aliphatic rings. The van der Waals surface area contributed by atoms with E-state index >= 15 is 0 Å². The van der Waals surface area contributed by atoms with Crippen LogP contribution in [0.25, 0.3) is 5.73 Å². The Morgan fingerprint density at radius 3 is 1.82 bits per heavy atom. The van der Waals surface area contributed by atoms with Crippen molar-refractivity contribution in [3.8, 4) is 0 Å². The Kier molecular flexibility index (Phi) is 46.5. The first-order valence-corrected chi connectivity index (χ1v) is 7.57. The van der Waals surface area contributed by atoms with E-state index in [0.717, 1.165) is 22.4 Å². The monoisotopic (exact) mass is 328 g/mol. The number of nitrogens with one attached hydrogen (secondary N) is 1. The van der Waals surface area contributed by atoms with E-state index < -0.39 is 0 Å². The van der Waals surface area contributed by atoms with Gasteiger partial charge in [0.15, 0.2) is 0 Å². The van der Waals surface area contributed by atoms with Crippen LogP contribution in [0.5, 0.6) is 0 Å². The van der Waals surface area contributed by atoms with E-state index in [-0.39, 0.29) is 52.6 Å². The largest absolute Gasteiger partial charge is 4.00 e. The molecule has 0 spiro atoms. The Labute approximate surface area is 138 Å². The Morgan fingerprint density at radius 2 is 1.76 bits per heavy atom. The minimum atomic E-state index is 0. The first-order chi connectivity index (χ1) is 6.58. The summed E-state index contributed by atoms with van der Waals surface area (Å²) >= 11 is 0. The molecule has 99 valence electrons. The van der Waals surface area contributed by atoms with Gasteiger partial charge in [0.05, 0.1) is 0 Å². The minimum Gasteiger partial charge on any atom is -1.00 e. The van der Waals surface area contributed by atoms with E-state index in [9.17, 15) is 0 Å². The maximum absolute atomic E-state index is 6.83. The van der Waals surface area contributed by atoms with E-state index in [2.05, 4.69) is 32.2 Å². The number of halogens is 2. The normalized spacial score (nSPS) is 12.0. The Morgan fingerprint density at radius 1 is 1.41 bits per heavy atom. The van der Waals surface area contributed by atoms with Gasteiger partial charge in [0.2, 0.25) is 0 Å². The van der Waals surface area contributed by atoms with Crippen molar-refractivity contribution >= 4 is 9.52 Å². The van der Waals surface area contributed by atoms with Gasteiger partial charge in [0.1, 0.15) is 0 Å². The second-order valence-electron chi connectivity index (χ2n) is 3.39. The SMILES string of the molecule is CC1=CC[C-]=C1.CCC(C)[NH-].C[SiH]C.[Cl-].[Cl-].[Ti+4]. The summed E-state index contributed by atoms with van der Waals surface area (Å²) in [5, 5.41) is 0. The van der Waals surface area contributed by atoms with Crippen LogP contribution in [0.1, 0.15) is 33.6 Å². The van der Waals surface area contributed by atoms with E-state index in [1.54, 1.807) is 0 Å². The molecule has 1 atom stereocenters. The van der Waals surface area contributed by atoms with E-state index in [1.165, 1.54) is 5.57 Å². The van der Waals surface area contributed by atoms with Crippen molar-refractivity contribution in [2.75, 3.05) is 0 Å². The molecule has 0 aliphatic heterocycles. The zero-order chi connectivity index (χ0) is 11.4. The summed E-state index contributed by atoms with van der Waals surface area (Å²) in [6.07, 6.45) is 9.21. The smallest absolute Gasteiger partial charge is 1.00 e. The predicted molar refractivity (Wildman–Crippen MR) is 69.1 cm³/mol. The molecule has 17 heavy (non-hydrogen) atoms. The Balaban J connectivity index is -0.0000000409. The van der Waals surface area contributed by atoms with Crippen molar-refractivity contribution in [1.82, 2.24) is 0 Å². The van der Waals surface area contributed by atoms with Crippen LogP contribution in [0.3, 0.4) is 0 Å². The summed E-state index contributed by atoms with van der Waals surface area (Å²) in [6, 6.07) is 0.134. The number of allylic oxidation sites excluding steroid dienone is 4. The molecule has 1 nitrogen and oxygen atoms in total. The minimum absolute atomic E-state index is 0. The van der Waals surface area contributed by atoms with Crippen LogP contribution in [-0.2, 0) is 21.7 Å². The molecular weight excluding hydrogens is 305 g/mol. The van der Waals surface area contributed by atoms with Gasteiger partial charge in [-0.15, -0.1) is 19.4 Å². The molecule has 1 radical (unpaired) electrons. The molecule has 0 saturated carbocycles. The average Bonchev–Trinajstić information content (AvgIpc) is 2.58. The van der Waals surface area contributed by atoms with Gasteiger partial charge in [0, 0.05) is 9.52 Å². The Bertz CT molecular complexity index is 171. The van der Waals surface area contributed by atoms with Gasteiger partial charge < -0.3 is 30.5 Å². The molecule has 0 bridgehead atoms. The van der Waals surface area contributed by atoms with Gasteiger partial charge in [0.25, 0.3) is 0 Å². The van der Waals surface area contributed by atoms with Gasteiger partial charge in [-0.2, -0.15) is 6.08 Å². The van der Waals surface area contributed by atoms with Crippen LogP contribution < -0.4 is 24.8 Å². The first kappa shape index (κ1) is 30.8. The second-order valence-corrected chi connectivity index (χ2v) is 4.54. The zero-order valence-electron chi connectivity index (χ0n) is 11.5. The second kappa shape index (κ2) is 25.7. The summed E-state index contributed by atoms with van der Waals surface area (Å²) in [4.78, 5) is 0. The maximum atomic E-state index is 6.83. The quantitative estimate of drug-likeness (QED) is 0.395. The van der Waals surface area contributed by atoms with E-state index in [1.807, 2.05) is 19.9 Å². The van der Waals surface area contributed by atoms with Crippen LogP contribution in [0.15, 0.2) is 17.7 Å². The van der Waals surface area contributed by atoms with Crippen LogP contribution in [-0.4, -0.2) is 15.6 Å². The molecule has 0 aromatic heterocycles. The van der Waals surface area contributed by atoms with Gasteiger partial charge >= 0.3 is 21.7 Å². The summed E-state index contributed by atoms with van der Waals surface area (Å²) < 4.78 is 0. The van der Waals surface area contributed by atoms with Gasteiger partial charge in [-0.1, -0.05) is 33.4 Å². The van der Waals surface area contributed by atoms with Crippen molar-refractivity contribution < 1.29 is 46.5 Å². The average molecular weight is 329 g/mol. The van der Waals surface area contributed by atoms with E-state index in [4.69, 9.17) is 5.73 Å². The third kappa shape index (κ3) is 38.3.